The second-order valence-electron chi connectivity index (χ2n) is 4.03. The van der Waals surface area contributed by atoms with Crippen molar-refractivity contribution in [3.05, 3.63) is 29.8 Å². The van der Waals surface area contributed by atoms with Crippen molar-refractivity contribution >= 4 is 0 Å². The molecule has 90 valence electrons. The van der Waals surface area contributed by atoms with Crippen molar-refractivity contribution in [2.24, 2.45) is 0 Å². The maximum Gasteiger partial charge on any atom is 0.425 e. The Labute approximate surface area is 93.2 Å². The number of alkyl halides is 3. The smallest absolute Gasteiger partial charge is 0.425 e. The van der Waals surface area contributed by atoms with E-state index in [2.05, 4.69) is 0 Å². The van der Waals surface area contributed by atoms with Gasteiger partial charge in [0.2, 0.25) is 0 Å². The van der Waals surface area contributed by atoms with Gasteiger partial charge in [-0.25, -0.2) is 0 Å². The van der Waals surface area contributed by atoms with Gasteiger partial charge in [-0.05, 0) is 30.5 Å². The Hall–Kier alpha value is -1.19. The number of benzene rings is 1. The minimum Gasteiger partial charge on any atom is -0.481 e. The van der Waals surface area contributed by atoms with E-state index in [1.807, 2.05) is 13.8 Å². The van der Waals surface area contributed by atoms with Gasteiger partial charge in [0.25, 0.3) is 0 Å². The van der Waals surface area contributed by atoms with Crippen molar-refractivity contribution in [1.82, 2.24) is 0 Å². The lowest BCUT2D eigenvalue weighted by atomic mass is 10.0. The van der Waals surface area contributed by atoms with Crippen LogP contribution in [0.3, 0.4) is 0 Å². The molecule has 0 aliphatic rings. The fraction of sp³-hybridized carbons (Fsp3) is 0.500. The van der Waals surface area contributed by atoms with Gasteiger partial charge in [-0.3, -0.25) is 0 Å². The van der Waals surface area contributed by atoms with Crippen molar-refractivity contribution in [2.75, 3.05) is 0 Å². The zero-order valence-electron chi connectivity index (χ0n) is 9.51. The fourth-order valence-corrected chi connectivity index (χ4v) is 1.20. The van der Waals surface area contributed by atoms with Gasteiger partial charge in [0.05, 0.1) is 0 Å². The Kier molecular flexibility index (Phi) is 3.83. The first-order valence-electron chi connectivity index (χ1n) is 5.14. The van der Waals surface area contributed by atoms with Crippen molar-refractivity contribution in [3.8, 4) is 5.75 Å². The van der Waals surface area contributed by atoms with Crippen LogP contribution in [0, 0.1) is 0 Å². The predicted molar refractivity (Wildman–Crippen MR) is 56.7 cm³/mol. The summed E-state index contributed by atoms with van der Waals surface area (Å²) in [6.07, 6.45) is -6.10. The highest BCUT2D eigenvalue weighted by Crippen LogP contribution is 2.25. The molecule has 0 fully saturated rings. The molecule has 0 saturated carbocycles. The average Bonchev–Trinajstić information content (AvgIpc) is 2.17. The Morgan fingerprint density at radius 2 is 1.50 bits per heavy atom. The summed E-state index contributed by atoms with van der Waals surface area (Å²) in [5.74, 6) is 0.600. The third-order valence-corrected chi connectivity index (χ3v) is 2.32. The van der Waals surface area contributed by atoms with Gasteiger partial charge < -0.3 is 4.74 Å². The summed E-state index contributed by atoms with van der Waals surface area (Å²) in [7, 11) is 0. The molecule has 0 spiro atoms. The van der Waals surface area contributed by atoms with Crippen LogP contribution < -0.4 is 4.74 Å². The summed E-state index contributed by atoms with van der Waals surface area (Å²) in [6.45, 7) is 5.04. The predicted octanol–water partition coefficient (Wildman–Crippen LogP) is 4.14. The van der Waals surface area contributed by atoms with Crippen molar-refractivity contribution < 1.29 is 17.9 Å². The molecule has 0 radical (unpaired) electrons. The molecule has 0 heterocycles. The Bertz CT molecular complexity index is 327. The number of rotatable bonds is 3. The van der Waals surface area contributed by atoms with Crippen LogP contribution in [0.25, 0.3) is 0 Å². The topological polar surface area (TPSA) is 9.23 Å². The number of ether oxygens (including phenoxy) is 1. The lowest BCUT2D eigenvalue weighted by molar-refractivity contribution is -0.189. The van der Waals surface area contributed by atoms with Crippen LogP contribution in [0.1, 0.15) is 32.3 Å². The van der Waals surface area contributed by atoms with E-state index in [9.17, 15) is 13.2 Å². The summed E-state index contributed by atoms with van der Waals surface area (Å²) in [5.41, 5.74) is 1.08. The Morgan fingerprint density at radius 1 is 1.00 bits per heavy atom. The van der Waals surface area contributed by atoms with E-state index in [-0.39, 0.29) is 5.75 Å². The van der Waals surface area contributed by atoms with Gasteiger partial charge in [-0.15, -0.1) is 0 Å². The molecule has 0 aliphatic heterocycles. The van der Waals surface area contributed by atoms with Gasteiger partial charge >= 0.3 is 6.18 Å². The van der Waals surface area contributed by atoms with Gasteiger partial charge in [0.1, 0.15) is 5.75 Å². The molecule has 4 heteroatoms. The second-order valence-corrected chi connectivity index (χ2v) is 4.03. The van der Waals surface area contributed by atoms with Crippen LogP contribution in [0.2, 0.25) is 0 Å². The summed E-state index contributed by atoms with van der Waals surface area (Å²) in [4.78, 5) is 0. The van der Waals surface area contributed by atoms with E-state index >= 15 is 0 Å². The maximum absolute atomic E-state index is 12.2. The highest BCUT2D eigenvalue weighted by molar-refractivity contribution is 5.29. The van der Waals surface area contributed by atoms with Crippen LogP contribution in [0.5, 0.6) is 5.75 Å². The zero-order valence-corrected chi connectivity index (χ0v) is 9.51. The first-order chi connectivity index (χ1) is 7.30. The molecule has 1 aromatic carbocycles. The normalized spacial score (nSPS) is 13.9. The molecular weight excluding hydrogens is 217 g/mol. The van der Waals surface area contributed by atoms with Crippen molar-refractivity contribution in [3.63, 3.8) is 0 Å². The summed E-state index contributed by atoms with van der Waals surface area (Å²) in [5, 5.41) is 0. The number of hydrogen-bond donors (Lipinski definition) is 0. The summed E-state index contributed by atoms with van der Waals surface area (Å²) >= 11 is 0. The van der Waals surface area contributed by atoms with Gasteiger partial charge in [-0.2, -0.15) is 13.2 Å². The molecule has 16 heavy (non-hydrogen) atoms. The molecule has 0 aliphatic carbocycles. The largest absolute Gasteiger partial charge is 0.481 e. The Balaban J connectivity index is 2.69. The van der Waals surface area contributed by atoms with Crippen LogP contribution in [0.4, 0.5) is 13.2 Å². The molecule has 1 rings (SSSR count). The molecule has 0 N–H and O–H groups in total. The first kappa shape index (κ1) is 12.9. The summed E-state index contributed by atoms with van der Waals surface area (Å²) < 4.78 is 41.4. The second kappa shape index (κ2) is 4.76. The van der Waals surface area contributed by atoms with Crippen molar-refractivity contribution in [1.29, 1.82) is 0 Å². The minimum absolute atomic E-state index is 0.245. The zero-order chi connectivity index (χ0) is 12.3. The highest BCUT2D eigenvalue weighted by Gasteiger charge is 2.37. The molecule has 1 nitrogen and oxygen atoms in total. The SMILES string of the molecule is CC(C)c1ccc(OC(C)C(F)(F)F)cc1. The van der Waals surface area contributed by atoms with E-state index in [0.29, 0.717) is 5.92 Å². The fourth-order valence-electron chi connectivity index (χ4n) is 1.20. The van der Waals surface area contributed by atoms with Crippen LogP contribution in [-0.2, 0) is 0 Å². The lowest BCUT2D eigenvalue weighted by Gasteiger charge is -2.18. The average molecular weight is 232 g/mol. The first-order valence-corrected chi connectivity index (χ1v) is 5.14. The van der Waals surface area contributed by atoms with E-state index in [1.54, 1.807) is 24.3 Å². The third kappa shape index (κ3) is 3.43. The standard InChI is InChI=1S/C12H15F3O/c1-8(2)10-4-6-11(7-5-10)16-9(3)12(13,14)15/h4-9H,1-3H3. The van der Waals surface area contributed by atoms with Crippen LogP contribution >= 0.6 is 0 Å². The molecule has 0 saturated heterocycles. The quantitative estimate of drug-likeness (QED) is 0.761. The van der Waals surface area contributed by atoms with Crippen molar-refractivity contribution in [2.45, 2.75) is 39.0 Å². The molecule has 1 atom stereocenters. The van der Waals surface area contributed by atoms with E-state index in [0.717, 1.165) is 12.5 Å². The molecular formula is C12H15F3O. The lowest BCUT2D eigenvalue weighted by Crippen LogP contribution is -2.31. The molecule has 0 aromatic heterocycles. The van der Waals surface area contributed by atoms with Gasteiger partial charge in [0, 0.05) is 0 Å². The molecule has 1 aromatic rings. The number of hydrogen-bond acceptors (Lipinski definition) is 1. The van der Waals surface area contributed by atoms with E-state index < -0.39 is 12.3 Å². The van der Waals surface area contributed by atoms with E-state index in [4.69, 9.17) is 4.74 Å². The molecule has 0 amide bonds. The van der Waals surface area contributed by atoms with Crippen LogP contribution in [-0.4, -0.2) is 12.3 Å². The minimum atomic E-state index is -4.32. The number of halogens is 3. The Morgan fingerprint density at radius 3 is 1.88 bits per heavy atom. The maximum atomic E-state index is 12.2. The third-order valence-electron chi connectivity index (χ3n) is 2.32. The van der Waals surface area contributed by atoms with Crippen LogP contribution in [0.15, 0.2) is 24.3 Å². The van der Waals surface area contributed by atoms with E-state index in [1.165, 1.54) is 0 Å². The van der Waals surface area contributed by atoms with Gasteiger partial charge in [0.15, 0.2) is 6.10 Å². The molecule has 0 bridgehead atoms. The summed E-state index contributed by atoms with van der Waals surface area (Å²) in [6, 6.07) is 6.70. The van der Waals surface area contributed by atoms with Gasteiger partial charge in [-0.1, -0.05) is 26.0 Å². The highest BCUT2D eigenvalue weighted by atomic mass is 19.4. The monoisotopic (exact) mass is 232 g/mol. The molecule has 1 unspecified atom stereocenters.